The van der Waals surface area contributed by atoms with Crippen LogP contribution in [0.4, 0.5) is 8.78 Å². The van der Waals surface area contributed by atoms with E-state index in [1.54, 1.807) is 0 Å². The maximum Gasteiger partial charge on any atom is 0.490 e. The number of aliphatic hydroxyl groups excluding tert-OH is 1. The molecule has 0 amide bonds. The number of alkyl halides is 1. The fourth-order valence-corrected chi connectivity index (χ4v) is 5.36. The van der Waals surface area contributed by atoms with E-state index in [2.05, 4.69) is 25.4 Å². The molecule has 6 atom stereocenters. The molecule has 0 spiro atoms. The van der Waals surface area contributed by atoms with Gasteiger partial charge in [0, 0.05) is 0 Å². The second kappa shape index (κ2) is 9.03. The average Bonchev–Trinajstić information content (AvgIpc) is 2.81. The number of nitrogens with zero attached hydrogens (tertiary/aromatic N) is 1. The Labute approximate surface area is 169 Å². The van der Waals surface area contributed by atoms with Crippen LogP contribution in [0.15, 0.2) is 11.0 Å². The molecule has 0 saturated carbocycles. The first kappa shape index (κ1) is 25.5. The number of phosphoric acid groups is 3. The first-order chi connectivity index (χ1) is 13.5. The summed E-state index contributed by atoms with van der Waals surface area (Å²) in [5, 5.41) is 9.88. The van der Waals surface area contributed by atoms with Crippen molar-refractivity contribution < 1.29 is 65.0 Å². The number of aromatic amines is 1. The van der Waals surface area contributed by atoms with Crippen LogP contribution in [0.1, 0.15) is 6.23 Å². The van der Waals surface area contributed by atoms with Crippen molar-refractivity contribution in [3.8, 4) is 0 Å². The third-order valence-electron chi connectivity index (χ3n) is 3.30. The number of rotatable bonds is 8. The second-order valence-electron chi connectivity index (χ2n) is 5.53. The molecule has 172 valence electrons. The topological polar surface area (TPSA) is 227 Å². The zero-order chi connectivity index (χ0) is 23.1. The Hall–Kier alpha value is -0.710. The van der Waals surface area contributed by atoms with Crippen molar-refractivity contribution >= 4 is 35.7 Å². The van der Waals surface area contributed by atoms with Crippen molar-refractivity contribution in [2.24, 2.45) is 0 Å². The van der Waals surface area contributed by atoms with E-state index in [1.807, 2.05) is 4.98 Å². The maximum atomic E-state index is 14.2. The Morgan fingerprint density at radius 2 is 1.80 bits per heavy atom. The van der Waals surface area contributed by atoms with Crippen molar-refractivity contribution in [3.63, 3.8) is 0 Å². The van der Waals surface area contributed by atoms with Gasteiger partial charge in [0.15, 0.2) is 18.2 Å². The lowest BCUT2D eigenvalue weighted by Crippen LogP contribution is -2.34. The summed E-state index contributed by atoms with van der Waals surface area (Å²) < 4.78 is 77.1. The fraction of sp³-hybridized carbons (Fsp3) is 0.556. The molecular weight excluding hydrogens is 507 g/mol. The van der Waals surface area contributed by atoms with Gasteiger partial charge in [0.25, 0.3) is 0 Å². The molecule has 1 fully saturated rings. The fourth-order valence-electron chi connectivity index (χ4n) is 2.19. The van der Waals surface area contributed by atoms with Crippen LogP contribution < -0.4 is 5.69 Å². The highest BCUT2D eigenvalue weighted by atomic mass is 32.1. The van der Waals surface area contributed by atoms with E-state index < -0.39 is 70.8 Å². The Kier molecular flexibility index (Phi) is 7.69. The van der Waals surface area contributed by atoms with Gasteiger partial charge in [0.1, 0.15) is 16.8 Å². The molecule has 1 aliphatic rings. The van der Waals surface area contributed by atoms with Gasteiger partial charge in [-0.05, 0) is 0 Å². The standard InChI is InChI=1S/C9H13F2N2O13P3S/c10-3-1-13(9(15)12-7(3)30)8-6(14)5(11)4(24-8)2-23-28(19,20)26-29(21,22)25-27(16,17)18/h1,4-6,8,14H,2H2,(H,19,20)(H,21,22)(H,12,15,30)(H2,16,17,18)/t4-,5+,6+,8-/m1/s1. The molecule has 1 aromatic heterocycles. The number of halogens is 2. The molecule has 21 heteroatoms. The van der Waals surface area contributed by atoms with Gasteiger partial charge < -0.3 is 29.4 Å². The summed E-state index contributed by atoms with van der Waals surface area (Å²) in [5.41, 5.74) is -1.08. The molecule has 2 unspecified atom stereocenters. The highest BCUT2D eigenvalue weighted by Crippen LogP contribution is 2.66. The molecule has 0 aliphatic carbocycles. The number of H-pyrrole nitrogens is 1. The highest BCUT2D eigenvalue weighted by Gasteiger charge is 2.47. The third-order valence-corrected chi connectivity index (χ3v) is 7.40. The third kappa shape index (κ3) is 6.64. The zero-order valence-electron chi connectivity index (χ0n) is 14.0. The van der Waals surface area contributed by atoms with Crippen LogP contribution in [0.25, 0.3) is 0 Å². The maximum absolute atomic E-state index is 14.2. The van der Waals surface area contributed by atoms with Crippen LogP contribution in [0, 0.1) is 10.5 Å². The lowest BCUT2D eigenvalue weighted by Gasteiger charge is -2.19. The highest BCUT2D eigenvalue weighted by molar-refractivity contribution is 7.71. The minimum Gasteiger partial charge on any atom is -0.385 e. The molecule has 0 aromatic carbocycles. The van der Waals surface area contributed by atoms with Crippen LogP contribution in [-0.2, 0) is 31.6 Å². The summed E-state index contributed by atoms with van der Waals surface area (Å²) in [6.07, 6.45) is -7.61. The Morgan fingerprint density at radius 1 is 1.20 bits per heavy atom. The molecule has 30 heavy (non-hydrogen) atoms. The molecule has 1 aromatic rings. The van der Waals surface area contributed by atoms with Crippen LogP contribution >= 0.6 is 35.7 Å². The quantitative estimate of drug-likeness (QED) is 0.196. The van der Waals surface area contributed by atoms with E-state index >= 15 is 0 Å². The van der Waals surface area contributed by atoms with E-state index in [1.165, 1.54) is 0 Å². The Balaban J connectivity index is 2.09. The number of hydrogen-bond donors (Lipinski definition) is 6. The molecular formula is C9H13F2N2O13P3S. The van der Waals surface area contributed by atoms with Gasteiger partial charge in [-0.3, -0.25) is 14.1 Å². The van der Waals surface area contributed by atoms with Crippen molar-refractivity contribution in [3.05, 3.63) is 27.1 Å². The number of aromatic nitrogens is 2. The van der Waals surface area contributed by atoms with E-state index in [-0.39, 0.29) is 0 Å². The molecule has 0 radical (unpaired) electrons. The smallest absolute Gasteiger partial charge is 0.385 e. The molecule has 2 heterocycles. The van der Waals surface area contributed by atoms with E-state index in [0.29, 0.717) is 10.8 Å². The number of hydrogen-bond acceptors (Lipinski definition) is 10. The minimum absolute atomic E-state index is 0.424. The largest absolute Gasteiger partial charge is 0.490 e. The van der Waals surface area contributed by atoms with Crippen molar-refractivity contribution in [2.75, 3.05) is 6.61 Å². The number of nitrogens with one attached hydrogen (secondary N) is 1. The number of aliphatic hydroxyl groups is 1. The van der Waals surface area contributed by atoms with Gasteiger partial charge in [-0.15, -0.1) is 0 Å². The predicted molar refractivity (Wildman–Crippen MR) is 90.5 cm³/mol. The van der Waals surface area contributed by atoms with Gasteiger partial charge in [0.05, 0.1) is 12.8 Å². The molecule has 1 aliphatic heterocycles. The molecule has 2 rings (SSSR count). The Bertz CT molecular complexity index is 1060. The molecule has 15 nitrogen and oxygen atoms in total. The first-order valence-electron chi connectivity index (χ1n) is 7.28. The number of phosphoric ester groups is 1. The Morgan fingerprint density at radius 3 is 2.37 bits per heavy atom. The molecule has 1 saturated heterocycles. The summed E-state index contributed by atoms with van der Waals surface area (Å²) in [6, 6.07) is 0. The van der Waals surface area contributed by atoms with Gasteiger partial charge >= 0.3 is 29.2 Å². The van der Waals surface area contributed by atoms with Crippen molar-refractivity contribution in [2.45, 2.75) is 24.6 Å². The van der Waals surface area contributed by atoms with E-state index in [0.717, 1.165) is 0 Å². The van der Waals surface area contributed by atoms with Crippen LogP contribution in [0.5, 0.6) is 0 Å². The van der Waals surface area contributed by atoms with E-state index in [9.17, 15) is 37.3 Å². The lowest BCUT2D eigenvalue weighted by atomic mass is 10.1. The molecule has 0 bridgehead atoms. The van der Waals surface area contributed by atoms with Gasteiger partial charge in [0.2, 0.25) is 0 Å². The van der Waals surface area contributed by atoms with Gasteiger partial charge in [-0.1, -0.05) is 12.2 Å². The zero-order valence-corrected chi connectivity index (χ0v) is 17.5. The normalized spacial score (nSPS) is 28.8. The van der Waals surface area contributed by atoms with E-state index in [4.69, 9.17) is 19.4 Å². The lowest BCUT2D eigenvalue weighted by molar-refractivity contribution is -0.0535. The number of ether oxygens (including phenoxy) is 1. The summed E-state index contributed by atoms with van der Waals surface area (Å²) in [5.74, 6) is -1.10. The van der Waals surface area contributed by atoms with Crippen LogP contribution in [0.3, 0.4) is 0 Å². The summed E-state index contributed by atoms with van der Waals surface area (Å²) in [4.78, 5) is 48.9. The minimum atomic E-state index is -5.79. The second-order valence-corrected chi connectivity index (χ2v) is 10.4. The summed E-state index contributed by atoms with van der Waals surface area (Å²) >= 11 is 4.49. The summed E-state index contributed by atoms with van der Waals surface area (Å²) in [6.45, 7) is -1.22. The van der Waals surface area contributed by atoms with Gasteiger partial charge in [-0.25, -0.2) is 27.3 Å². The molecule has 6 N–H and O–H groups in total. The summed E-state index contributed by atoms with van der Waals surface area (Å²) in [7, 11) is -17.0. The average molecular weight is 520 g/mol. The van der Waals surface area contributed by atoms with Gasteiger partial charge in [-0.2, -0.15) is 8.62 Å². The van der Waals surface area contributed by atoms with Crippen molar-refractivity contribution in [1.29, 1.82) is 0 Å². The monoisotopic (exact) mass is 520 g/mol. The first-order valence-corrected chi connectivity index (χ1v) is 12.2. The van der Waals surface area contributed by atoms with Crippen LogP contribution in [-0.4, -0.2) is 59.2 Å². The van der Waals surface area contributed by atoms with Crippen molar-refractivity contribution in [1.82, 2.24) is 9.55 Å². The SMILES string of the molecule is O=c1[nH]c(=S)c(F)cn1[C@@H]1O[C@H](COP(=O)(O)OP(=O)(O)OP(=O)(O)O)[C@H](F)[C@@H]1O. The van der Waals surface area contributed by atoms with Crippen LogP contribution in [0.2, 0.25) is 0 Å². The predicted octanol–water partition coefficient (Wildman–Crippen LogP) is -0.0153.